The number of nitrogens with zero attached hydrogens (tertiary/aromatic N) is 1. The molecule has 4 nitrogen and oxygen atoms in total. The first-order valence-corrected chi connectivity index (χ1v) is 9.51. The molecule has 0 amide bonds. The molecule has 1 aliphatic rings. The summed E-state index contributed by atoms with van der Waals surface area (Å²) >= 11 is 5.82. The Balaban J connectivity index is 2.45. The molecule has 1 fully saturated rings. The van der Waals surface area contributed by atoms with E-state index in [4.69, 9.17) is 16.3 Å². The Kier molecular flexibility index (Phi) is 5.94. The van der Waals surface area contributed by atoms with E-state index in [1.807, 2.05) is 0 Å². The number of carbonyl (C=O) groups excluding carboxylic acids is 1. The maximum atomic E-state index is 14.1. The Bertz CT molecular complexity index is 761. The molecule has 1 aromatic carbocycles. The first-order chi connectivity index (χ1) is 12.3. The Hall–Kier alpha value is -1.64. The second-order valence-corrected chi connectivity index (χ2v) is 9.89. The van der Waals surface area contributed by atoms with Gasteiger partial charge >= 0.3 is 5.97 Å². The number of hydrogen-bond donors (Lipinski definition) is 1. The highest BCUT2D eigenvalue weighted by atomic mass is 35.5. The van der Waals surface area contributed by atoms with Crippen LogP contribution in [0.3, 0.4) is 0 Å². The monoisotopic (exact) mass is 394 g/mol. The molecule has 1 aromatic rings. The number of hydrogen-bond acceptors (Lipinski definition) is 4. The molecule has 0 radical (unpaired) electrons. The normalized spacial score (nSPS) is 25.9. The Morgan fingerprint density at radius 2 is 2.00 bits per heavy atom. The highest BCUT2D eigenvalue weighted by Gasteiger charge is 2.52. The van der Waals surface area contributed by atoms with E-state index < -0.39 is 28.8 Å². The van der Waals surface area contributed by atoms with Crippen molar-refractivity contribution in [2.24, 2.45) is 5.41 Å². The Morgan fingerprint density at radius 3 is 2.48 bits per heavy atom. The maximum absolute atomic E-state index is 14.1. The van der Waals surface area contributed by atoms with Crippen LogP contribution in [0.2, 0.25) is 5.02 Å². The fraction of sp³-hybridized carbons (Fsp3) is 0.619. The third kappa shape index (κ3) is 5.00. The molecule has 0 saturated carbocycles. The highest BCUT2D eigenvalue weighted by molar-refractivity contribution is 6.30. The van der Waals surface area contributed by atoms with Gasteiger partial charge < -0.3 is 4.74 Å². The van der Waals surface area contributed by atoms with Crippen LogP contribution in [-0.4, -0.2) is 23.7 Å². The van der Waals surface area contributed by atoms with E-state index >= 15 is 0 Å². The summed E-state index contributed by atoms with van der Waals surface area (Å²) in [5.74, 6) is -0.966. The summed E-state index contributed by atoms with van der Waals surface area (Å²) < 4.78 is 19.6. The molecule has 6 heteroatoms. The van der Waals surface area contributed by atoms with Crippen LogP contribution >= 0.6 is 11.6 Å². The molecule has 0 aromatic heterocycles. The number of nitrogens with one attached hydrogen (secondary N) is 1. The summed E-state index contributed by atoms with van der Waals surface area (Å²) in [6, 6.07) is 5.87. The number of nitriles is 1. The lowest BCUT2D eigenvalue weighted by molar-refractivity contribution is -0.157. The molecule has 2 rings (SSSR count). The Morgan fingerprint density at radius 1 is 1.37 bits per heavy atom. The predicted octanol–water partition coefficient (Wildman–Crippen LogP) is 4.75. The van der Waals surface area contributed by atoms with Crippen LogP contribution < -0.4 is 5.32 Å². The van der Waals surface area contributed by atoms with Gasteiger partial charge in [0.15, 0.2) is 0 Å². The van der Waals surface area contributed by atoms with Crippen LogP contribution in [0.15, 0.2) is 18.2 Å². The molecule has 148 valence electrons. The van der Waals surface area contributed by atoms with Crippen molar-refractivity contribution in [3.63, 3.8) is 0 Å². The second kappa shape index (κ2) is 7.41. The molecule has 0 spiro atoms. The Labute approximate surface area is 166 Å². The summed E-state index contributed by atoms with van der Waals surface area (Å²) in [5, 5.41) is 13.4. The molecular weight excluding hydrogens is 367 g/mol. The smallest absolute Gasteiger partial charge is 0.323 e. The van der Waals surface area contributed by atoms with Gasteiger partial charge in [-0.15, -0.1) is 0 Å². The van der Waals surface area contributed by atoms with E-state index in [-0.39, 0.29) is 22.9 Å². The zero-order valence-corrected chi connectivity index (χ0v) is 17.6. The summed E-state index contributed by atoms with van der Waals surface area (Å²) in [6.45, 7) is 11.6. The lowest BCUT2D eigenvalue weighted by atomic mass is 9.70. The van der Waals surface area contributed by atoms with Crippen molar-refractivity contribution >= 4 is 17.6 Å². The minimum Gasteiger partial charge on any atom is -0.459 e. The number of rotatable bonds is 3. The molecule has 1 saturated heterocycles. The lowest BCUT2D eigenvalue weighted by Gasteiger charge is -2.33. The van der Waals surface area contributed by atoms with E-state index in [1.165, 1.54) is 12.1 Å². The summed E-state index contributed by atoms with van der Waals surface area (Å²) in [5.41, 5.74) is -1.23. The number of halogens is 2. The molecular formula is C21H28ClFN2O2. The van der Waals surface area contributed by atoms with E-state index in [2.05, 4.69) is 32.2 Å². The van der Waals surface area contributed by atoms with E-state index in [0.29, 0.717) is 12.0 Å². The van der Waals surface area contributed by atoms with Crippen molar-refractivity contribution in [1.82, 2.24) is 5.32 Å². The molecule has 3 unspecified atom stereocenters. The van der Waals surface area contributed by atoms with Crippen molar-refractivity contribution < 1.29 is 13.9 Å². The fourth-order valence-corrected chi connectivity index (χ4v) is 3.68. The average molecular weight is 395 g/mol. The zero-order valence-electron chi connectivity index (χ0n) is 16.8. The van der Waals surface area contributed by atoms with Gasteiger partial charge in [0.05, 0.1) is 16.5 Å². The minimum absolute atomic E-state index is 0.00820. The topological polar surface area (TPSA) is 62.1 Å². The fourth-order valence-electron chi connectivity index (χ4n) is 3.56. The second-order valence-electron chi connectivity index (χ2n) is 9.49. The van der Waals surface area contributed by atoms with Crippen molar-refractivity contribution in [1.29, 1.82) is 5.26 Å². The number of ether oxygens (including phenoxy) is 1. The zero-order chi connectivity index (χ0) is 20.6. The van der Waals surface area contributed by atoms with Crippen molar-refractivity contribution in [3.05, 3.63) is 34.6 Å². The standard InChI is InChI=1S/C21H28ClFN2O2/c1-19(2,3)11-17-21(12-24,13-7-8-14(22)15(23)9-13)10-16(25-17)18(26)27-20(4,5)6/h7-9,16-17,25H,10-11H2,1-6H3. The third-order valence-corrected chi connectivity index (χ3v) is 4.97. The van der Waals surface area contributed by atoms with Crippen LogP contribution in [0.5, 0.6) is 0 Å². The van der Waals surface area contributed by atoms with Gasteiger partial charge in [-0.1, -0.05) is 38.4 Å². The van der Waals surface area contributed by atoms with Gasteiger partial charge in [-0.2, -0.15) is 5.26 Å². The van der Waals surface area contributed by atoms with Gasteiger partial charge in [0.1, 0.15) is 17.5 Å². The van der Waals surface area contributed by atoms with Gasteiger partial charge in [0.25, 0.3) is 0 Å². The molecule has 1 heterocycles. The average Bonchev–Trinajstić information content (AvgIpc) is 2.86. The number of carbonyl (C=O) groups is 1. The SMILES string of the molecule is CC(C)(C)CC1NC(C(=O)OC(C)(C)C)CC1(C#N)c1ccc(Cl)c(F)c1. The van der Waals surface area contributed by atoms with E-state index in [1.54, 1.807) is 26.8 Å². The maximum Gasteiger partial charge on any atom is 0.323 e. The van der Waals surface area contributed by atoms with Crippen LogP contribution in [0, 0.1) is 22.6 Å². The van der Waals surface area contributed by atoms with Crippen molar-refractivity contribution in [2.45, 2.75) is 77.5 Å². The largest absolute Gasteiger partial charge is 0.459 e. The van der Waals surface area contributed by atoms with Crippen LogP contribution in [0.1, 0.15) is 59.9 Å². The minimum atomic E-state index is -1.04. The molecule has 27 heavy (non-hydrogen) atoms. The molecule has 1 aliphatic heterocycles. The molecule has 0 bridgehead atoms. The van der Waals surface area contributed by atoms with E-state index in [9.17, 15) is 14.4 Å². The van der Waals surface area contributed by atoms with Crippen LogP contribution in [0.25, 0.3) is 0 Å². The van der Waals surface area contributed by atoms with Crippen molar-refractivity contribution in [2.75, 3.05) is 0 Å². The third-order valence-electron chi connectivity index (χ3n) is 4.67. The highest BCUT2D eigenvalue weighted by Crippen LogP contribution is 2.43. The predicted molar refractivity (Wildman–Crippen MR) is 104 cm³/mol. The van der Waals surface area contributed by atoms with Gasteiger partial charge in [-0.3, -0.25) is 10.1 Å². The summed E-state index contributed by atoms with van der Waals surface area (Å²) in [4.78, 5) is 12.6. The van der Waals surface area contributed by atoms with Gasteiger partial charge in [0, 0.05) is 6.04 Å². The first-order valence-electron chi connectivity index (χ1n) is 9.13. The summed E-state index contributed by atoms with van der Waals surface area (Å²) in [7, 11) is 0. The quantitative estimate of drug-likeness (QED) is 0.751. The van der Waals surface area contributed by atoms with Crippen molar-refractivity contribution in [3.8, 4) is 6.07 Å². The first kappa shape index (κ1) is 21.7. The van der Waals surface area contributed by atoms with E-state index in [0.717, 1.165) is 0 Å². The number of benzene rings is 1. The van der Waals surface area contributed by atoms with Gasteiger partial charge in [-0.25, -0.2) is 4.39 Å². The number of esters is 1. The van der Waals surface area contributed by atoms with Crippen LogP contribution in [-0.2, 0) is 14.9 Å². The van der Waals surface area contributed by atoms with Gasteiger partial charge in [0.2, 0.25) is 0 Å². The molecule has 1 N–H and O–H groups in total. The van der Waals surface area contributed by atoms with Gasteiger partial charge in [-0.05, 0) is 56.7 Å². The summed E-state index contributed by atoms with van der Waals surface area (Å²) in [6.07, 6.45) is 0.865. The van der Waals surface area contributed by atoms with Crippen LogP contribution in [0.4, 0.5) is 4.39 Å². The molecule has 0 aliphatic carbocycles. The molecule has 3 atom stereocenters. The lowest BCUT2D eigenvalue weighted by Crippen LogP contribution is -2.44.